The van der Waals surface area contributed by atoms with E-state index in [2.05, 4.69) is 11.0 Å². The number of anilines is 2. The first kappa shape index (κ1) is 13.2. The van der Waals surface area contributed by atoms with Crippen molar-refractivity contribution in [1.82, 2.24) is 0 Å². The predicted molar refractivity (Wildman–Crippen MR) is 87.0 cm³/mol. The minimum Gasteiger partial charge on any atom is -0.497 e. The van der Waals surface area contributed by atoms with Crippen molar-refractivity contribution in [1.29, 1.82) is 0 Å². The fraction of sp³-hybridized carbons (Fsp3) is 0.278. The molecule has 22 heavy (non-hydrogen) atoms. The van der Waals surface area contributed by atoms with E-state index in [1.807, 2.05) is 48.3 Å². The maximum atomic E-state index is 13.1. The van der Waals surface area contributed by atoms with Crippen LogP contribution in [-0.4, -0.2) is 32.7 Å². The molecule has 4 nitrogen and oxygen atoms in total. The molecule has 0 spiro atoms. The lowest BCUT2D eigenvalue weighted by Gasteiger charge is -2.25. The number of fused-ring (bicyclic) bond motifs is 4. The number of benzene rings is 2. The third-order valence-electron chi connectivity index (χ3n) is 4.62. The first-order valence-corrected chi connectivity index (χ1v) is 7.49. The summed E-state index contributed by atoms with van der Waals surface area (Å²) in [5, 5.41) is 0. The summed E-state index contributed by atoms with van der Waals surface area (Å²) in [5.41, 5.74) is 3.97. The smallest absolute Gasteiger partial charge is 0.260 e. The molecule has 0 N–H and O–H groups in total. The number of carbonyl (C=O) groups is 1. The fourth-order valence-electron chi connectivity index (χ4n) is 3.57. The lowest BCUT2D eigenvalue weighted by Crippen LogP contribution is -2.41. The number of para-hydroxylation sites is 1. The molecule has 4 rings (SSSR count). The van der Waals surface area contributed by atoms with E-state index >= 15 is 0 Å². The van der Waals surface area contributed by atoms with Crippen LogP contribution in [0.25, 0.3) is 0 Å². The van der Waals surface area contributed by atoms with Crippen LogP contribution in [0.2, 0.25) is 0 Å². The molecule has 2 aromatic carbocycles. The number of rotatable bonds is 1. The molecule has 4 heteroatoms. The molecule has 0 aliphatic carbocycles. The number of nitrogens with zero attached hydrogens (tertiary/aromatic N) is 2. The summed E-state index contributed by atoms with van der Waals surface area (Å²) < 4.78 is 5.30. The highest BCUT2D eigenvalue weighted by Crippen LogP contribution is 2.38. The molecule has 0 radical (unpaired) electrons. The molecule has 0 bridgehead atoms. The second kappa shape index (κ2) is 4.77. The van der Waals surface area contributed by atoms with E-state index in [9.17, 15) is 4.79 Å². The summed E-state index contributed by atoms with van der Waals surface area (Å²) in [5.74, 6) is 0.777. The summed E-state index contributed by atoms with van der Waals surface area (Å²) in [6.45, 7) is 0.833. The van der Waals surface area contributed by atoms with Gasteiger partial charge < -0.3 is 14.5 Å². The Morgan fingerprint density at radius 2 is 1.95 bits per heavy atom. The molecule has 1 atom stereocenters. The molecule has 2 aliphatic rings. The van der Waals surface area contributed by atoms with Crippen LogP contribution in [0.1, 0.15) is 15.9 Å². The first-order valence-electron chi connectivity index (χ1n) is 7.49. The van der Waals surface area contributed by atoms with Crippen LogP contribution < -0.4 is 14.5 Å². The number of methoxy groups -OCH3 is 1. The Kier molecular flexibility index (Phi) is 2.86. The zero-order valence-electron chi connectivity index (χ0n) is 12.7. The quantitative estimate of drug-likeness (QED) is 0.810. The van der Waals surface area contributed by atoms with Crippen LogP contribution in [0, 0.1) is 0 Å². The van der Waals surface area contributed by atoms with E-state index in [4.69, 9.17) is 4.74 Å². The van der Waals surface area contributed by atoms with E-state index in [1.165, 1.54) is 5.56 Å². The zero-order chi connectivity index (χ0) is 15.3. The van der Waals surface area contributed by atoms with Crippen LogP contribution in [0.3, 0.4) is 0 Å². The Bertz CT molecular complexity index is 757. The number of hydrogen-bond donors (Lipinski definition) is 0. The highest BCUT2D eigenvalue weighted by molar-refractivity contribution is 6.12. The Labute approximate surface area is 129 Å². The average Bonchev–Trinajstić information content (AvgIpc) is 2.86. The topological polar surface area (TPSA) is 32.8 Å². The van der Waals surface area contributed by atoms with Crippen molar-refractivity contribution in [3.05, 3.63) is 53.6 Å². The van der Waals surface area contributed by atoms with Gasteiger partial charge in [-0.15, -0.1) is 0 Å². The summed E-state index contributed by atoms with van der Waals surface area (Å²) >= 11 is 0. The Balaban J connectivity index is 1.87. The lowest BCUT2D eigenvalue weighted by molar-refractivity contribution is 0.0983. The molecule has 0 aromatic heterocycles. The van der Waals surface area contributed by atoms with Crippen molar-refractivity contribution >= 4 is 17.3 Å². The standard InChI is InChI=1S/C18H18N2O2/c1-19-11-13-9-12-5-3-4-6-16(12)20(13)18(21)15-10-14(22-2)7-8-17(15)19/h3-8,10,13H,9,11H2,1-2H3. The number of hydrogen-bond acceptors (Lipinski definition) is 3. The SMILES string of the molecule is COc1ccc2c(c1)C(=O)N1c3ccccc3CC1CN2C. The molecule has 112 valence electrons. The molecule has 0 saturated heterocycles. The van der Waals surface area contributed by atoms with Gasteiger partial charge in [-0.05, 0) is 36.2 Å². The predicted octanol–water partition coefficient (Wildman–Crippen LogP) is 2.72. The van der Waals surface area contributed by atoms with Gasteiger partial charge in [-0.1, -0.05) is 18.2 Å². The molecule has 2 aliphatic heterocycles. The molecule has 2 heterocycles. The Hall–Kier alpha value is -2.49. The zero-order valence-corrected chi connectivity index (χ0v) is 12.7. The number of amides is 1. The van der Waals surface area contributed by atoms with E-state index < -0.39 is 0 Å². The van der Waals surface area contributed by atoms with Gasteiger partial charge in [0, 0.05) is 25.0 Å². The molecular weight excluding hydrogens is 276 g/mol. The third-order valence-corrected chi connectivity index (χ3v) is 4.62. The van der Waals surface area contributed by atoms with Crippen LogP contribution >= 0.6 is 0 Å². The van der Waals surface area contributed by atoms with Gasteiger partial charge in [-0.2, -0.15) is 0 Å². The molecule has 2 aromatic rings. The average molecular weight is 294 g/mol. The first-order chi connectivity index (χ1) is 10.7. The van der Waals surface area contributed by atoms with Crippen molar-refractivity contribution in [2.24, 2.45) is 0 Å². The maximum Gasteiger partial charge on any atom is 0.260 e. The van der Waals surface area contributed by atoms with Crippen LogP contribution in [0.5, 0.6) is 5.75 Å². The Morgan fingerprint density at radius 1 is 1.14 bits per heavy atom. The normalized spacial score (nSPS) is 19.4. The van der Waals surface area contributed by atoms with Gasteiger partial charge in [0.2, 0.25) is 0 Å². The summed E-state index contributed by atoms with van der Waals surface area (Å²) in [4.78, 5) is 17.3. The molecule has 1 unspecified atom stereocenters. The molecular formula is C18H18N2O2. The second-order valence-electron chi connectivity index (χ2n) is 5.93. The second-order valence-corrected chi connectivity index (χ2v) is 5.93. The van der Waals surface area contributed by atoms with E-state index in [1.54, 1.807) is 7.11 Å². The largest absolute Gasteiger partial charge is 0.497 e. The summed E-state index contributed by atoms with van der Waals surface area (Å²) in [6, 6.07) is 14.1. The summed E-state index contributed by atoms with van der Waals surface area (Å²) in [7, 11) is 3.67. The number of carbonyl (C=O) groups excluding carboxylic acids is 1. The van der Waals surface area contributed by atoms with Gasteiger partial charge in [0.05, 0.1) is 18.7 Å². The van der Waals surface area contributed by atoms with Crippen molar-refractivity contribution in [2.75, 3.05) is 30.5 Å². The van der Waals surface area contributed by atoms with Crippen molar-refractivity contribution < 1.29 is 9.53 Å². The molecule has 0 fully saturated rings. The van der Waals surface area contributed by atoms with Crippen molar-refractivity contribution in [3.63, 3.8) is 0 Å². The summed E-state index contributed by atoms with van der Waals surface area (Å²) in [6.07, 6.45) is 0.914. The van der Waals surface area contributed by atoms with Gasteiger partial charge >= 0.3 is 0 Å². The molecule has 1 amide bonds. The third kappa shape index (κ3) is 1.80. The fourth-order valence-corrected chi connectivity index (χ4v) is 3.57. The minimum absolute atomic E-state index is 0.0631. The van der Waals surface area contributed by atoms with Gasteiger partial charge in [-0.25, -0.2) is 0 Å². The van der Waals surface area contributed by atoms with E-state index in [-0.39, 0.29) is 11.9 Å². The number of ether oxygens (including phenoxy) is 1. The van der Waals surface area contributed by atoms with Crippen molar-refractivity contribution in [3.8, 4) is 5.75 Å². The van der Waals surface area contributed by atoms with Gasteiger partial charge in [0.1, 0.15) is 5.75 Å². The highest BCUT2D eigenvalue weighted by atomic mass is 16.5. The minimum atomic E-state index is 0.0631. The van der Waals surface area contributed by atoms with Crippen molar-refractivity contribution in [2.45, 2.75) is 12.5 Å². The van der Waals surface area contributed by atoms with Crippen LogP contribution in [0.4, 0.5) is 11.4 Å². The van der Waals surface area contributed by atoms with E-state index in [0.29, 0.717) is 11.3 Å². The van der Waals surface area contributed by atoms with Crippen LogP contribution in [-0.2, 0) is 6.42 Å². The van der Waals surface area contributed by atoms with Gasteiger partial charge in [0.25, 0.3) is 5.91 Å². The monoisotopic (exact) mass is 294 g/mol. The maximum absolute atomic E-state index is 13.1. The van der Waals surface area contributed by atoms with Crippen LogP contribution in [0.15, 0.2) is 42.5 Å². The van der Waals surface area contributed by atoms with Gasteiger partial charge in [-0.3, -0.25) is 4.79 Å². The van der Waals surface area contributed by atoms with Gasteiger partial charge in [0.15, 0.2) is 0 Å². The Morgan fingerprint density at radius 3 is 2.77 bits per heavy atom. The van der Waals surface area contributed by atoms with E-state index in [0.717, 1.165) is 24.3 Å². The number of likely N-dealkylation sites (N-methyl/N-ethyl adjacent to an activating group) is 1. The highest BCUT2D eigenvalue weighted by Gasteiger charge is 2.38. The molecule has 0 saturated carbocycles. The lowest BCUT2D eigenvalue weighted by atomic mass is 10.1.